The molecule has 0 heterocycles. The Morgan fingerprint density at radius 3 is 2.47 bits per heavy atom. The summed E-state index contributed by atoms with van der Waals surface area (Å²) in [5.41, 5.74) is 8.05. The molecule has 0 saturated heterocycles. The van der Waals surface area contributed by atoms with Crippen molar-refractivity contribution in [3.63, 3.8) is 0 Å². The number of thioether (sulfide) groups is 1. The van der Waals surface area contributed by atoms with E-state index in [1.54, 1.807) is 11.8 Å². The molecule has 0 fully saturated rings. The van der Waals surface area contributed by atoms with Crippen LogP contribution >= 0.6 is 46.0 Å². The molecule has 0 unspecified atom stereocenters. The molecule has 0 saturated carbocycles. The quantitative estimate of drug-likeness (QED) is 0.473. The molecule has 0 spiro atoms. The third kappa shape index (κ3) is 3.79. The topological polar surface area (TPSA) is 26.0 Å². The second-order valence-electron chi connectivity index (χ2n) is 3.60. The molecule has 4 heteroatoms. The van der Waals surface area contributed by atoms with Crippen LogP contribution < -0.4 is 5.73 Å². The van der Waals surface area contributed by atoms with Crippen molar-refractivity contribution >= 4 is 51.6 Å². The summed E-state index contributed by atoms with van der Waals surface area (Å²) in [6.45, 7) is 0. The van der Waals surface area contributed by atoms with Crippen LogP contribution in [0.15, 0.2) is 47.4 Å². The molecule has 0 bridgehead atoms. The lowest BCUT2D eigenvalue weighted by atomic mass is 10.2. The zero-order valence-electron chi connectivity index (χ0n) is 8.99. The Kier molecular flexibility index (Phi) is 4.59. The van der Waals surface area contributed by atoms with E-state index in [0.29, 0.717) is 0 Å². The average Bonchev–Trinajstić information content (AvgIpc) is 2.30. The van der Waals surface area contributed by atoms with Crippen molar-refractivity contribution in [2.45, 2.75) is 10.6 Å². The molecule has 0 aliphatic carbocycles. The lowest BCUT2D eigenvalue weighted by molar-refractivity contribution is 1.38. The largest absolute Gasteiger partial charge is 0.398 e. The molecule has 2 N–H and O–H groups in total. The van der Waals surface area contributed by atoms with E-state index in [1.165, 1.54) is 5.56 Å². The first kappa shape index (κ1) is 13.1. The summed E-state index contributed by atoms with van der Waals surface area (Å²) in [5.74, 6) is 0.905. The van der Waals surface area contributed by atoms with Gasteiger partial charge in [0.15, 0.2) is 0 Å². The maximum atomic E-state index is 5.96. The Hall–Kier alpha value is -0.390. The van der Waals surface area contributed by atoms with Crippen LogP contribution in [0.2, 0.25) is 5.02 Å². The lowest BCUT2D eigenvalue weighted by Gasteiger charge is -2.06. The number of halogens is 2. The molecule has 0 radical (unpaired) electrons. The maximum Gasteiger partial charge on any atom is 0.0462 e. The Bertz CT molecular complexity index is 513. The summed E-state index contributed by atoms with van der Waals surface area (Å²) < 4.78 is 1.16. The molecule has 0 aliphatic heterocycles. The highest BCUT2D eigenvalue weighted by Gasteiger charge is 2.01. The van der Waals surface area contributed by atoms with Crippen molar-refractivity contribution in [1.29, 1.82) is 0 Å². The van der Waals surface area contributed by atoms with Gasteiger partial charge in [-0.3, -0.25) is 0 Å². The summed E-state index contributed by atoms with van der Waals surface area (Å²) >= 11 is 9.85. The molecule has 0 amide bonds. The van der Waals surface area contributed by atoms with Gasteiger partial charge in [0.2, 0.25) is 0 Å². The van der Waals surface area contributed by atoms with E-state index < -0.39 is 0 Å². The normalized spacial score (nSPS) is 10.5. The minimum absolute atomic E-state index is 0.771. The maximum absolute atomic E-state index is 5.96. The van der Waals surface area contributed by atoms with Gasteiger partial charge in [-0.15, -0.1) is 11.8 Å². The van der Waals surface area contributed by atoms with Gasteiger partial charge in [0.25, 0.3) is 0 Å². The van der Waals surface area contributed by atoms with Crippen LogP contribution in [0.3, 0.4) is 0 Å². The number of hydrogen-bond acceptors (Lipinski definition) is 2. The third-order valence-corrected chi connectivity index (χ3v) is 4.36. The van der Waals surface area contributed by atoms with Crippen LogP contribution in [0.5, 0.6) is 0 Å². The van der Waals surface area contributed by atoms with Crippen LogP contribution in [-0.2, 0) is 5.75 Å². The number of nitrogen functional groups attached to an aromatic ring is 1. The minimum Gasteiger partial charge on any atom is -0.398 e. The first-order valence-corrected chi connectivity index (χ1v) is 7.51. The van der Waals surface area contributed by atoms with Crippen molar-refractivity contribution < 1.29 is 0 Å². The van der Waals surface area contributed by atoms with Gasteiger partial charge in [-0.2, -0.15) is 0 Å². The second kappa shape index (κ2) is 5.98. The van der Waals surface area contributed by atoms with E-state index in [0.717, 1.165) is 24.9 Å². The summed E-state index contributed by atoms with van der Waals surface area (Å²) in [6, 6.07) is 14.0. The predicted molar refractivity (Wildman–Crippen MR) is 84.6 cm³/mol. The number of hydrogen-bond donors (Lipinski definition) is 1. The monoisotopic (exact) mass is 375 g/mol. The van der Waals surface area contributed by atoms with Crippen molar-refractivity contribution in [3.8, 4) is 0 Å². The molecular formula is C13H11ClINS. The lowest BCUT2D eigenvalue weighted by Crippen LogP contribution is -1.89. The fourth-order valence-electron chi connectivity index (χ4n) is 1.39. The van der Waals surface area contributed by atoms with Gasteiger partial charge in [-0.25, -0.2) is 0 Å². The Morgan fingerprint density at radius 2 is 1.82 bits per heavy atom. The Balaban J connectivity index is 2.04. The predicted octanol–water partition coefficient (Wildman–Crippen LogP) is 4.82. The summed E-state index contributed by atoms with van der Waals surface area (Å²) in [5, 5.41) is 0.771. The van der Waals surface area contributed by atoms with Crippen LogP contribution in [0, 0.1) is 3.57 Å². The highest BCUT2D eigenvalue weighted by atomic mass is 127. The molecule has 0 atom stereocenters. The van der Waals surface area contributed by atoms with E-state index in [2.05, 4.69) is 34.7 Å². The first-order valence-electron chi connectivity index (χ1n) is 5.07. The molecule has 0 aliphatic rings. The molecule has 88 valence electrons. The van der Waals surface area contributed by atoms with Crippen LogP contribution in [0.4, 0.5) is 5.69 Å². The molecule has 2 aromatic rings. The van der Waals surface area contributed by atoms with Gasteiger partial charge in [-0.1, -0.05) is 23.7 Å². The SMILES string of the molecule is Nc1cc(I)ccc1SCc1ccc(Cl)cc1. The standard InChI is InChI=1S/C13H11ClINS/c14-10-3-1-9(2-4-10)8-17-13-6-5-11(15)7-12(13)16/h1-7H,8,16H2. The van der Waals surface area contributed by atoms with Gasteiger partial charge in [-0.05, 0) is 58.5 Å². The fraction of sp³-hybridized carbons (Fsp3) is 0.0769. The highest BCUT2D eigenvalue weighted by Crippen LogP contribution is 2.29. The molecule has 17 heavy (non-hydrogen) atoms. The van der Waals surface area contributed by atoms with Gasteiger partial charge in [0, 0.05) is 24.9 Å². The van der Waals surface area contributed by atoms with E-state index in [-0.39, 0.29) is 0 Å². The number of nitrogens with two attached hydrogens (primary N) is 1. The highest BCUT2D eigenvalue weighted by molar-refractivity contribution is 14.1. The van der Waals surface area contributed by atoms with Gasteiger partial charge in [0.05, 0.1) is 0 Å². The van der Waals surface area contributed by atoms with Crippen LogP contribution in [0.1, 0.15) is 5.56 Å². The third-order valence-electron chi connectivity index (χ3n) is 2.28. The van der Waals surface area contributed by atoms with Gasteiger partial charge >= 0.3 is 0 Å². The Labute approximate surface area is 124 Å². The smallest absolute Gasteiger partial charge is 0.0462 e. The van der Waals surface area contributed by atoms with Crippen LogP contribution in [0.25, 0.3) is 0 Å². The molecule has 0 aromatic heterocycles. The molecular weight excluding hydrogens is 365 g/mol. The van der Waals surface area contributed by atoms with Crippen LogP contribution in [-0.4, -0.2) is 0 Å². The van der Waals surface area contributed by atoms with E-state index >= 15 is 0 Å². The first-order chi connectivity index (χ1) is 8.15. The average molecular weight is 376 g/mol. The molecule has 2 rings (SSSR count). The molecule has 1 nitrogen and oxygen atoms in total. The second-order valence-corrected chi connectivity index (χ2v) is 6.30. The molecule has 2 aromatic carbocycles. The van der Waals surface area contributed by atoms with E-state index in [4.69, 9.17) is 17.3 Å². The zero-order valence-corrected chi connectivity index (χ0v) is 12.7. The van der Waals surface area contributed by atoms with Gasteiger partial charge in [0.1, 0.15) is 0 Å². The summed E-state index contributed by atoms with van der Waals surface area (Å²) in [4.78, 5) is 1.13. The van der Waals surface area contributed by atoms with Crippen molar-refractivity contribution in [1.82, 2.24) is 0 Å². The van der Waals surface area contributed by atoms with Crippen molar-refractivity contribution in [2.75, 3.05) is 5.73 Å². The number of rotatable bonds is 3. The zero-order chi connectivity index (χ0) is 12.3. The van der Waals surface area contributed by atoms with Gasteiger partial charge < -0.3 is 5.73 Å². The summed E-state index contributed by atoms with van der Waals surface area (Å²) in [6.07, 6.45) is 0. The fourth-order valence-corrected chi connectivity index (χ4v) is 2.94. The van der Waals surface area contributed by atoms with Crippen molar-refractivity contribution in [2.24, 2.45) is 0 Å². The minimum atomic E-state index is 0.771. The number of anilines is 1. The summed E-state index contributed by atoms with van der Waals surface area (Å²) in [7, 11) is 0. The van der Waals surface area contributed by atoms with E-state index in [1.807, 2.05) is 30.3 Å². The number of benzene rings is 2. The Morgan fingerprint density at radius 1 is 1.12 bits per heavy atom. The van der Waals surface area contributed by atoms with Crippen molar-refractivity contribution in [3.05, 3.63) is 56.6 Å². The van der Waals surface area contributed by atoms with E-state index in [9.17, 15) is 0 Å².